The van der Waals surface area contributed by atoms with E-state index in [1.807, 2.05) is 24.3 Å². The number of amides is 1. The fraction of sp³-hybridized carbons (Fsp3) is 0.118. The number of hydrogen-bond donors (Lipinski definition) is 1. The molecule has 0 saturated heterocycles. The number of nitrogens with one attached hydrogen (secondary N) is 1. The lowest BCUT2D eigenvalue weighted by molar-refractivity contribution is -0.116. The van der Waals surface area contributed by atoms with Crippen LogP contribution in [0.3, 0.4) is 0 Å². The lowest BCUT2D eigenvalue weighted by Gasteiger charge is -2.05. The van der Waals surface area contributed by atoms with Crippen molar-refractivity contribution in [3.8, 4) is 12.3 Å². The average molecular weight is 267 g/mol. The first-order valence-corrected chi connectivity index (χ1v) is 6.28. The second-order valence-corrected chi connectivity index (χ2v) is 4.40. The fourth-order valence-electron chi connectivity index (χ4n) is 1.78. The van der Waals surface area contributed by atoms with E-state index in [1.165, 1.54) is 24.3 Å². The maximum Gasteiger partial charge on any atom is 0.224 e. The molecule has 0 atom stereocenters. The second kappa shape index (κ2) is 6.53. The van der Waals surface area contributed by atoms with Crippen molar-refractivity contribution >= 4 is 11.6 Å². The topological polar surface area (TPSA) is 29.1 Å². The molecule has 0 aliphatic heterocycles. The molecular formula is C17H14FNO. The number of benzene rings is 2. The maximum atomic E-state index is 12.7. The molecule has 2 rings (SSSR count). The summed E-state index contributed by atoms with van der Waals surface area (Å²) in [5.74, 6) is 2.12. The Balaban J connectivity index is 1.85. The van der Waals surface area contributed by atoms with E-state index < -0.39 is 0 Å². The van der Waals surface area contributed by atoms with Crippen molar-refractivity contribution in [1.82, 2.24) is 0 Å². The first kappa shape index (κ1) is 13.8. The molecular weight excluding hydrogens is 253 g/mol. The molecule has 0 aliphatic rings. The first-order chi connectivity index (χ1) is 9.67. The molecule has 0 saturated carbocycles. The molecule has 3 heteroatoms. The van der Waals surface area contributed by atoms with Crippen molar-refractivity contribution in [3.63, 3.8) is 0 Å². The van der Waals surface area contributed by atoms with Gasteiger partial charge in [0.25, 0.3) is 0 Å². The Hall–Kier alpha value is -2.60. The summed E-state index contributed by atoms with van der Waals surface area (Å²) in [5.41, 5.74) is 2.47. The van der Waals surface area contributed by atoms with Gasteiger partial charge in [0.15, 0.2) is 0 Å². The number of terminal acetylenes is 1. The third kappa shape index (κ3) is 3.96. The molecule has 1 amide bonds. The molecule has 0 aromatic heterocycles. The number of aryl methyl sites for hydroxylation is 1. The smallest absolute Gasteiger partial charge is 0.224 e. The number of carbonyl (C=O) groups is 1. The third-order valence-corrected chi connectivity index (χ3v) is 2.89. The molecule has 2 aromatic carbocycles. The van der Waals surface area contributed by atoms with E-state index in [0.717, 1.165) is 11.1 Å². The normalized spacial score (nSPS) is 9.80. The van der Waals surface area contributed by atoms with Crippen LogP contribution in [-0.4, -0.2) is 5.91 Å². The van der Waals surface area contributed by atoms with Gasteiger partial charge in [0.05, 0.1) is 0 Å². The summed E-state index contributed by atoms with van der Waals surface area (Å²) in [6, 6.07) is 13.2. The van der Waals surface area contributed by atoms with Crippen LogP contribution >= 0.6 is 0 Å². The molecule has 0 radical (unpaired) electrons. The summed E-state index contributed by atoms with van der Waals surface area (Å²) >= 11 is 0. The second-order valence-electron chi connectivity index (χ2n) is 4.40. The zero-order chi connectivity index (χ0) is 14.4. The van der Waals surface area contributed by atoms with Crippen molar-refractivity contribution in [2.24, 2.45) is 0 Å². The Morgan fingerprint density at radius 1 is 1.10 bits per heavy atom. The van der Waals surface area contributed by atoms with Gasteiger partial charge in [0, 0.05) is 17.7 Å². The van der Waals surface area contributed by atoms with E-state index in [9.17, 15) is 9.18 Å². The summed E-state index contributed by atoms with van der Waals surface area (Å²) in [5, 5.41) is 2.72. The minimum atomic E-state index is -0.323. The van der Waals surface area contributed by atoms with E-state index in [0.29, 0.717) is 18.5 Å². The van der Waals surface area contributed by atoms with E-state index in [-0.39, 0.29) is 11.7 Å². The van der Waals surface area contributed by atoms with Crippen LogP contribution in [0.25, 0.3) is 0 Å². The van der Waals surface area contributed by atoms with Gasteiger partial charge in [0.1, 0.15) is 5.82 Å². The molecule has 0 bridgehead atoms. The molecule has 20 heavy (non-hydrogen) atoms. The van der Waals surface area contributed by atoms with Gasteiger partial charge < -0.3 is 5.32 Å². The predicted octanol–water partition coefficient (Wildman–Crippen LogP) is 3.38. The van der Waals surface area contributed by atoms with Gasteiger partial charge in [-0.2, -0.15) is 0 Å². The van der Waals surface area contributed by atoms with Gasteiger partial charge in [-0.3, -0.25) is 4.79 Å². The van der Waals surface area contributed by atoms with Gasteiger partial charge in [-0.05, 0) is 48.4 Å². The molecule has 0 aliphatic carbocycles. The van der Waals surface area contributed by atoms with Crippen molar-refractivity contribution in [2.45, 2.75) is 12.8 Å². The number of hydrogen-bond acceptors (Lipinski definition) is 1. The SMILES string of the molecule is C#Cc1ccc(CCC(=O)Nc2ccc(F)cc2)cc1. The fourth-order valence-corrected chi connectivity index (χ4v) is 1.78. The molecule has 0 heterocycles. The standard InChI is InChI=1S/C17H14FNO/c1-2-13-3-5-14(6-4-13)7-12-17(20)19-16-10-8-15(18)9-11-16/h1,3-6,8-11H,7,12H2,(H,19,20). The summed E-state index contributed by atoms with van der Waals surface area (Å²) in [7, 11) is 0. The van der Waals surface area contributed by atoms with Crippen LogP contribution in [0, 0.1) is 18.2 Å². The molecule has 1 N–H and O–H groups in total. The number of rotatable bonds is 4. The molecule has 0 unspecified atom stereocenters. The zero-order valence-corrected chi connectivity index (χ0v) is 10.9. The highest BCUT2D eigenvalue weighted by atomic mass is 19.1. The highest BCUT2D eigenvalue weighted by Crippen LogP contribution is 2.10. The van der Waals surface area contributed by atoms with Crippen molar-refractivity contribution in [1.29, 1.82) is 0 Å². The zero-order valence-electron chi connectivity index (χ0n) is 10.9. The third-order valence-electron chi connectivity index (χ3n) is 2.89. The predicted molar refractivity (Wildman–Crippen MR) is 77.7 cm³/mol. The van der Waals surface area contributed by atoms with E-state index in [1.54, 1.807) is 0 Å². The van der Waals surface area contributed by atoms with Gasteiger partial charge in [-0.25, -0.2) is 4.39 Å². The summed E-state index contributed by atoms with van der Waals surface area (Å²) in [6.45, 7) is 0. The van der Waals surface area contributed by atoms with Crippen molar-refractivity contribution < 1.29 is 9.18 Å². The molecule has 0 spiro atoms. The van der Waals surface area contributed by atoms with Gasteiger partial charge in [-0.1, -0.05) is 18.1 Å². The summed E-state index contributed by atoms with van der Waals surface area (Å²) in [4.78, 5) is 11.8. The monoisotopic (exact) mass is 267 g/mol. The van der Waals surface area contributed by atoms with Crippen LogP contribution in [0.5, 0.6) is 0 Å². The van der Waals surface area contributed by atoms with Crippen LogP contribution in [0.4, 0.5) is 10.1 Å². The molecule has 100 valence electrons. The summed E-state index contributed by atoms with van der Waals surface area (Å²) in [6.07, 6.45) is 6.28. The number of halogens is 1. The maximum absolute atomic E-state index is 12.7. The first-order valence-electron chi connectivity index (χ1n) is 6.28. The Labute approximate surface area is 117 Å². The van der Waals surface area contributed by atoms with Crippen LogP contribution in [0.2, 0.25) is 0 Å². The van der Waals surface area contributed by atoms with Crippen LogP contribution in [0.1, 0.15) is 17.5 Å². The minimum absolute atomic E-state index is 0.0994. The van der Waals surface area contributed by atoms with E-state index in [2.05, 4.69) is 11.2 Å². The van der Waals surface area contributed by atoms with Gasteiger partial charge in [0.2, 0.25) is 5.91 Å². The Morgan fingerprint density at radius 2 is 1.75 bits per heavy atom. The highest BCUT2D eigenvalue weighted by Gasteiger charge is 2.03. The van der Waals surface area contributed by atoms with Crippen molar-refractivity contribution in [3.05, 3.63) is 65.5 Å². The Bertz CT molecular complexity index is 624. The van der Waals surface area contributed by atoms with E-state index >= 15 is 0 Å². The van der Waals surface area contributed by atoms with Crippen LogP contribution in [-0.2, 0) is 11.2 Å². The summed E-state index contributed by atoms with van der Waals surface area (Å²) < 4.78 is 12.7. The van der Waals surface area contributed by atoms with Gasteiger partial charge in [-0.15, -0.1) is 6.42 Å². The quantitative estimate of drug-likeness (QED) is 0.845. The van der Waals surface area contributed by atoms with Gasteiger partial charge >= 0.3 is 0 Å². The molecule has 2 nitrogen and oxygen atoms in total. The highest BCUT2D eigenvalue weighted by molar-refractivity contribution is 5.90. The van der Waals surface area contributed by atoms with Crippen LogP contribution < -0.4 is 5.32 Å². The van der Waals surface area contributed by atoms with Crippen molar-refractivity contribution in [2.75, 3.05) is 5.32 Å². The average Bonchev–Trinajstić information content (AvgIpc) is 2.48. The Kier molecular flexibility index (Phi) is 4.52. The minimum Gasteiger partial charge on any atom is -0.326 e. The lowest BCUT2D eigenvalue weighted by atomic mass is 10.1. The Morgan fingerprint density at radius 3 is 2.35 bits per heavy atom. The molecule has 2 aromatic rings. The van der Waals surface area contributed by atoms with Crippen LogP contribution in [0.15, 0.2) is 48.5 Å². The number of carbonyl (C=O) groups excluding carboxylic acids is 1. The largest absolute Gasteiger partial charge is 0.326 e. The lowest BCUT2D eigenvalue weighted by Crippen LogP contribution is -2.12. The van der Waals surface area contributed by atoms with E-state index in [4.69, 9.17) is 6.42 Å². The molecule has 0 fully saturated rings. The number of anilines is 1.